The van der Waals surface area contributed by atoms with E-state index in [1.54, 1.807) is 6.20 Å². The molecule has 1 unspecified atom stereocenters. The van der Waals surface area contributed by atoms with E-state index in [0.717, 1.165) is 54.8 Å². The van der Waals surface area contributed by atoms with Crippen LogP contribution in [0.4, 0.5) is 0 Å². The van der Waals surface area contributed by atoms with Gasteiger partial charge in [0.1, 0.15) is 6.54 Å². The van der Waals surface area contributed by atoms with Crippen LogP contribution in [0.1, 0.15) is 37.1 Å². The minimum Gasteiger partial charge on any atom is -0.349 e. The van der Waals surface area contributed by atoms with E-state index in [1.165, 1.54) is 0 Å². The third-order valence-electron chi connectivity index (χ3n) is 5.24. The summed E-state index contributed by atoms with van der Waals surface area (Å²) in [7, 11) is 0. The Morgan fingerprint density at radius 1 is 1.29 bits per heavy atom. The summed E-state index contributed by atoms with van der Waals surface area (Å²) < 4.78 is 3.80. The zero-order valence-electron chi connectivity index (χ0n) is 16.1. The zero-order chi connectivity index (χ0) is 18.6. The number of amides is 1. The molecule has 28 heavy (non-hydrogen) atoms. The Kier molecular flexibility index (Phi) is 6.70. The van der Waals surface area contributed by atoms with Gasteiger partial charge in [-0.15, -0.1) is 12.4 Å². The van der Waals surface area contributed by atoms with Crippen molar-refractivity contribution >= 4 is 29.2 Å². The highest BCUT2D eigenvalue weighted by molar-refractivity contribution is 5.85. The SMILES string of the molecule is CCn1nc(CNC(=O)Cn2nccc2C2CCCNC2)c2ccccc21.Cl. The Bertz CT molecular complexity index is 928. The summed E-state index contributed by atoms with van der Waals surface area (Å²) in [6.45, 7) is 5.57. The van der Waals surface area contributed by atoms with Gasteiger partial charge in [0.15, 0.2) is 0 Å². The lowest BCUT2D eigenvalue weighted by Gasteiger charge is -2.23. The molecule has 7 nitrogen and oxygen atoms in total. The summed E-state index contributed by atoms with van der Waals surface area (Å²) in [6, 6.07) is 10.2. The van der Waals surface area contributed by atoms with Crippen LogP contribution in [0.15, 0.2) is 36.5 Å². The minimum atomic E-state index is -0.0427. The first-order chi connectivity index (χ1) is 13.3. The van der Waals surface area contributed by atoms with Crippen LogP contribution in [0, 0.1) is 0 Å². The van der Waals surface area contributed by atoms with E-state index in [1.807, 2.05) is 27.6 Å². The molecule has 1 aliphatic heterocycles. The maximum Gasteiger partial charge on any atom is 0.242 e. The molecular formula is C20H27ClN6O. The van der Waals surface area contributed by atoms with E-state index in [9.17, 15) is 4.79 Å². The van der Waals surface area contributed by atoms with Gasteiger partial charge in [-0.2, -0.15) is 10.2 Å². The molecule has 0 spiro atoms. The highest BCUT2D eigenvalue weighted by Gasteiger charge is 2.20. The first-order valence-corrected chi connectivity index (χ1v) is 9.70. The fourth-order valence-electron chi connectivity index (χ4n) is 3.87. The molecule has 0 aliphatic carbocycles. The molecule has 1 amide bonds. The Labute approximate surface area is 170 Å². The van der Waals surface area contributed by atoms with E-state index in [4.69, 9.17) is 0 Å². The summed E-state index contributed by atoms with van der Waals surface area (Å²) in [6.07, 6.45) is 4.09. The second-order valence-corrected chi connectivity index (χ2v) is 7.01. The molecule has 1 fully saturated rings. The van der Waals surface area contributed by atoms with Gasteiger partial charge >= 0.3 is 0 Å². The predicted molar refractivity (Wildman–Crippen MR) is 112 cm³/mol. The standard InChI is InChI=1S/C20H26N6O.ClH/c1-2-25-19-8-4-3-7-16(19)17(24-25)13-22-20(27)14-26-18(9-11-23-26)15-6-5-10-21-12-15;/h3-4,7-9,11,15,21H,2,5-6,10,12-14H2,1H3,(H,22,27);1H. The molecule has 3 heterocycles. The molecule has 4 rings (SSSR count). The number of nitrogens with one attached hydrogen (secondary N) is 2. The molecule has 3 aromatic rings. The molecule has 2 N–H and O–H groups in total. The fraction of sp³-hybridized carbons (Fsp3) is 0.450. The van der Waals surface area contributed by atoms with E-state index in [2.05, 4.69) is 39.9 Å². The molecule has 8 heteroatoms. The molecule has 1 aromatic carbocycles. The van der Waals surface area contributed by atoms with Crippen molar-refractivity contribution in [3.05, 3.63) is 47.9 Å². The normalized spacial score (nSPS) is 16.7. The van der Waals surface area contributed by atoms with Crippen molar-refractivity contribution in [2.75, 3.05) is 13.1 Å². The summed E-state index contributed by atoms with van der Waals surface area (Å²) >= 11 is 0. The molecule has 0 bridgehead atoms. The molecule has 0 saturated carbocycles. The Morgan fingerprint density at radius 3 is 2.93 bits per heavy atom. The number of rotatable bonds is 6. The largest absolute Gasteiger partial charge is 0.349 e. The minimum absolute atomic E-state index is 0. The number of aromatic nitrogens is 4. The second kappa shape index (κ2) is 9.21. The smallest absolute Gasteiger partial charge is 0.242 e. The number of hydrogen-bond acceptors (Lipinski definition) is 4. The summed E-state index contributed by atoms with van der Waals surface area (Å²) in [5.41, 5.74) is 3.14. The maximum atomic E-state index is 12.5. The Hall–Kier alpha value is -2.38. The fourth-order valence-corrected chi connectivity index (χ4v) is 3.87. The summed E-state index contributed by atoms with van der Waals surface area (Å²) in [4.78, 5) is 12.5. The highest BCUT2D eigenvalue weighted by Crippen LogP contribution is 2.23. The number of hydrogen-bond donors (Lipinski definition) is 2. The lowest BCUT2D eigenvalue weighted by atomic mass is 9.96. The number of para-hydroxylation sites is 1. The number of fused-ring (bicyclic) bond motifs is 1. The Morgan fingerprint density at radius 2 is 2.14 bits per heavy atom. The van der Waals surface area contributed by atoms with Crippen LogP contribution in [-0.4, -0.2) is 38.6 Å². The highest BCUT2D eigenvalue weighted by atomic mass is 35.5. The van der Waals surface area contributed by atoms with Crippen molar-refractivity contribution in [3.8, 4) is 0 Å². The molecule has 1 atom stereocenters. The lowest BCUT2D eigenvalue weighted by Crippen LogP contribution is -2.32. The van der Waals surface area contributed by atoms with Crippen molar-refractivity contribution in [2.24, 2.45) is 0 Å². The first kappa shape index (κ1) is 20.4. The van der Waals surface area contributed by atoms with Crippen LogP contribution >= 0.6 is 12.4 Å². The van der Waals surface area contributed by atoms with Gasteiger partial charge in [-0.25, -0.2) is 0 Å². The predicted octanol–water partition coefficient (Wildman–Crippen LogP) is 2.46. The molecule has 1 aliphatic rings. The van der Waals surface area contributed by atoms with E-state index in [-0.39, 0.29) is 24.9 Å². The molecule has 1 saturated heterocycles. The number of piperidine rings is 1. The van der Waals surface area contributed by atoms with Crippen molar-refractivity contribution in [2.45, 2.75) is 45.3 Å². The van der Waals surface area contributed by atoms with Crippen LogP contribution in [0.5, 0.6) is 0 Å². The number of benzene rings is 1. The monoisotopic (exact) mass is 402 g/mol. The molecule has 2 aromatic heterocycles. The third kappa shape index (κ3) is 4.20. The van der Waals surface area contributed by atoms with E-state index >= 15 is 0 Å². The summed E-state index contributed by atoms with van der Waals surface area (Å²) in [5.74, 6) is 0.386. The van der Waals surface area contributed by atoms with Crippen LogP contribution in [-0.2, 0) is 24.4 Å². The van der Waals surface area contributed by atoms with Crippen molar-refractivity contribution in [1.82, 2.24) is 30.2 Å². The Balaban J connectivity index is 0.00000225. The molecule has 150 valence electrons. The third-order valence-corrected chi connectivity index (χ3v) is 5.24. The number of aryl methyl sites for hydroxylation is 1. The van der Waals surface area contributed by atoms with Crippen molar-refractivity contribution in [3.63, 3.8) is 0 Å². The van der Waals surface area contributed by atoms with Gasteiger partial charge in [-0.1, -0.05) is 18.2 Å². The van der Waals surface area contributed by atoms with Crippen LogP contribution in [0.3, 0.4) is 0 Å². The van der Waals surface area contributed by atoms with Crippen molar-refractivity contribution < 1.29 is 4.79 Å². The van der Waals surface area contributed by atoms with Gasteiger partial charge in [0.25, 0.3) is 0 Å². The topological polar surface area (TPSA) is 76.8 Å². The van der Waals surface area contributed by atoms with Gasteiger partial charge < -0.3 is 10.6 Å². The van der Waals surface area contributed by atoms with E-state index in [0.29, 0.717) is 12.5 Å². The van der Waals surface area contributed by atoms with Gasteiger partial charge in [0.2, 0.25) is 5.91 Å². The van der Waals surface area contributed by atoms with Crippen LogP contribution < -0.4 is 10.6 Å². The number of nitrogens with zero attached hydrogens (tertiary/aromatic N) is 4. The molecule has 0 radical (unpaired) electrons. The number of carbonyl (C=O) groups is 1. The average molecular weight is 403 g/mol. The van der Waals surface area contributed by atoms with Gasteiger partial charge in [-0.05, 0) is 38.4 Å². The number of halogens is 1. The van der Waals surface area contributed by atoms with Crippen LogP contribution in [0.2, 0.25) is 0 Å². The van der Waals surface area contributed by atoms with Crippen LogP contribution in [0.25, 0.3) is 10.9 Å². The van der Waals surface area contributed by atoms with Crippen molar-refractivity contribution in [1.29, 1.82) is 0 Å². The average Bonchev–Trinajstić information content (AvgIpc) is 3.31. The van der Waals surface area contributed by atoms with E-state index < -0.39 is 0 Å². The van der Waals surface area contributed by atoms with Gasteiger partial charge in [0, 0.05) is 36.3 Å². The first-order valence-electron chi connectivity index (χ1n) is 9.70. The zero-order valence-corrected chi connectivity index (χ0v) is 16.9. The molecular weight excluding hydrogens is 376 g/mol. The van der Waals surface area contributed by atoms with Gasteiger partial charge in [-0.3, -0.25) is 14.2 Å². The second-order valence-electron chi connectivity index (χ2n) is 7.01. The maximum absolute atomic E-state index is 12.5. The lowest BCUT2D eigenvalue weighted by molar-refractivity contribution is -0.122. The van der Waals surface area contributed by atoms with Gasteiger partial charge in [0.05, 0.1) is 17.8 Å². The quantitative estimate of drug-likeness (QED) is 0.664. The summed E-state index contributed by atoms with van der Waals surface area (Å²) in [5, 5.41) is 16.5. The number of carbonyl (C=O) groups excluding carboxylic acids is 1.